The molecule has 19 heavy (non-hydrogen) atoms. The first kappa shape index (κ1) is 14.4. The maximum Gasteiger partial charge on any atom is 0.263 e. The predicted molar refractivity (Wildman–Crippen MR) is 79.7 cm³/mol. The maximum atomic E-state index is 12.3. The van der Waals surface area contributed by atoms with Crippen molar-refractivity contribution in [1.29, 1.82) is 0 Å². The summed E-state index contributed by atoms with van der Waals surface area (Å²) >= 11 is 4.57. The van der Waals surface area contributed by atoms with E-state index in [4.69, 9.17) is 5.73 Å². The molecule has 0 aliphatic rings. The first-order valence-electron chi connectivity index (χ1n) is 5.36. The molecule has 0 amide bonds. The summed E-state index contributed by atoms with van der Waals surface area (Å²) in [4.78, 5) is 5.02. The van der Waals surface area contributed by atoms with Crippen molar-refractivity contribution in [3.05, 3.63) is 38.8 Å². The van der Waals surface area contributed by atoms with Gasteiger partial charge in [0.2, 0.25) is 0 Å². The Morgan fingerprint density at radius 1 is 1.47 bits per heavy atom. The molecule has 2 heterocycles. The fraction of sp³-hybridized carbons (Fsp3) is 0.182. The van der Waals surface area contributed by atoms with E-state index in [1.165, 1.54) is 11.3 Å². The Labute approximate surface area is 124 Å². The zero-order chi connectivity index (χ0) is 14.0. The number of halogens is 1. The summed E-state index contributed by atoms with van der Waals surface area (Å²) in [6.07, 6.45) is 1.56. The monoisotopic (exact) mass is 361 g/mol. The number of rotatable bonds is 4. The van der Waals surface area contributed by atoms with Crippen molar-refractivity contribution >= 4 is 43.0 Å². The van der Waals surface area contributed by atoms with Crippen molar-refractivity contribution in [2.75, 3.05) is 4.72 Å². The van der Waals surface area contributed by atoms with Crippen LogP contribution in [0.3, 0.4) is 0 Å². The number of sulfonamides is 1. The van der Waals surface area contributed by atoms with Gasteiger partial charge >= 0.3 is 0 Å². The second kappa shape index (κ2) is 5.58. The van der Waals surface area contributed by atoms with Gasteiger partial charge in [-0.15, -0.1) is 11.3 Å². The standard InChI is InChI=1S/C11H12BrN3O2S2/c1-7-4-8(2-3-14-7)15-19(16,17)10-5-9(6-13)18-11(10)12/h2-5H,6,13H2,1H3,(H,14,15). The molecule has 0 atom stereocenters. The van der Waals surface area contributed by atoms with Gasteiger partial charge in [-0.3, -0.25) is 9.71 Å². The van der Waals surface area contributed by atoms with Crippen LogP contribution in [0.2, 0.25) is 0 Å². The molecule has 0 spiro atoms. The molecule has 0 aromatic carbocycles. The highest BCUT2D eigenvalue weighted by molar-refractivity contribution is 9.11. The Morgan fingerprint density at radius 3 is 2.79 bits per heavy atom. The van der Waals surface area contributed by atoms with Crippen LogP contribution < -0.4 is 10.5 Å². The molecule has 8 heteroatoms. The SMILES string of the molecule is Cc1cc(NS(=O)(=O)c2cc(CN)sc2Br)ccn1. The number of pyridine rings is 1. The molecule has 0 fully saturated rings. The maximum absolute atomic E-state index is 12.3. The van der Waals surface area contributed by atoms with Crippen LogP contribution in [0.4, 0.5) is 5.69 Å². The Hall–Kier alpha value is -0.960. The fourth-order valence-corrected chi connectivity index (χ4v) is 5.11. The average Bonchev–Trinajstić information content (AvgIpc) is 2.71. The van der Waals surface area contributed by atoms with E-state index in [0.29, 0.717) is 16.0 Å². The molecular formula is C11H12BrN3O2S2. The largest absolute Gasteiger partial charge is 0.326 e. The molecule has 0 aliphatic carbocycles. The topological polar surface area (TPSA) is 85.1 Å². The Kier molecular flexibility index (Phi) is 4.24. The van der Waals surface area contributed by atoms with E-state index < -0.39 is 10.0 Å². The van der Waals surface area contributed by atoms with Crippen LogP contribution in [0.1, 0.15) is 10.6 Å². The molecule has 0 aliphatic heterocycles. The molecule has 0 bridgehead atoms. The molecule has 102 valence electrons. The third-order valence-corrected chi connectivity index (χ3v) is 6.00. The second-order valence-corrected chi connectivity index (χ2v) is 7.95. The van der Waals surface area contributed by atoms with Gasteiger partial charge in [-0.2, -0.15) is 0 Å². The average molecular weight is 362 g/mol. The van der Waals surface area contributed by atoms with Crippen LogP contribution in [-0.4, -0.2) is 13.4 Å². The zero-order valence-electron chi connectivity index (χ0n) is 10.1. The van der Waals surface area contributed by atoms with Crippen LogP contribution in [0, 0.1) is 6.92 Å². The lowest BCUT2D eigenvalue weighted by Crippen LogP contribution is -2.12. The summed E-state index contributed by atoms with van der Waals surface area (Å²) in [7, 11) is -3.62. The normalized spacial score (nSPS) is 11.5. The summed E-state index contributed by atoms with van der Waals surface area (Å²) in [5, 5.41) is 0. The van der Waals surface area contributed by atoms with Crippen LogP contribution in [0.25, 0.3) is 0 Å². The van der Waals surface area contributed by atoms with Crippen molar-refractivity contribution in [1.82, 2.24) is 4.98 Å². The predicted octanol–water partition coefficient (Wildman–Crippen LogP) is 2.47. The third-order valence-electron chi connectivity index (χ3n) is 2.35. The number of aryl methyl sites for hydroxylation is 1. The van der Waals surface area contributed by atoms with Crippen LogP contribution in [-0.2, 0) is 16.6 Å². The van der Waals surface area contributed by atoms with E-state index >= 15 is 0 Å². The van der Waals surface area contributed by atoms with Gasteiger partial charge in [-0.05, 0) is 41.1 Å². The molecule has 3 N–H and O–H groups in total. The van der Waals surface area contributed by atoms with Crippen molar-refractivity contribution in [3.63, 3.8) is 0 Å². The lowest BCUT2D eigenvalue weighted by Gasteiger charge is -2.07. The van der Waals surface area contributed by atoms with E-state index in [2.05, 4.69) is 25.6 Å². The molecule has 0 saturated heterocycles. The van der Waals surface area contributed by atoms with Crippen LogP contribution in [0.5, 0.6) is 0 Å². The van der Waals surface area contributed by atoms with Gasteiger partial charge in [0, 0.05) is 23.3 Å². The van der Waals surface area contributed by atoms with Crippen molar-refractivity contribution in [2.24, 2.45) is 5.73 Å². The number of nitrogens with zero attached hydrogens (tertiary/aromatic N) is 1. The molecule has 5 nitrogen and oxygen atoms in total. The fourth-order valence-electron chi connectivity index (χ4n) is 1.50. The van der Waals surface area contributed by atoms with Crippen molar-refractivity contribution < 1.29 is 8.42 Å². The molecular weight excluding hydrogens is 350 g/mol. The smallest absolute Gasteiger partial charge is 0.263 e. The highest BCUT2D eigenvalue weighted by Crippen LogP contribution is 2.32. The zero-order valence-corrected chi connectivity index (χ0v) is 13.3. The minimum atomic E-state index is -3.62. The van der Waals surface area contributed by atoms with Gasteiger partial charge in [0.1, 0.15) is 4.90 Å². The summed E-state index contributed by atoms with van der Waals surface area (Å²) < 4.78 is 27.6. The number of aromatic nitrogens is 1. The van der Waals surface area contributed by atoms with E-state index in [1.807, 2.05) is 0 Å². The summed E-state index contributed by atoms with van der Waals surface area (Å²) in [5.74, 6) is 0. The Bertz CT molecular complexity index is 698. The quantitative estimate of drug-likeness (QED) is 0.875. The number of nitrogens with two attached hydrogens (primary N) is 1. The lowest BCUT2D eigenvalue weighted by molar-refractivity contribution is 0.601. The second-order valence-electron chi connectivity index (χ2n) is 3.85. The molecule has 0 saturated carbocycles. The first-order chi connectivity index (χ1) is 8.92. The van der Waals surface area contributed by atoms with Gasteiger partial charge in [-0.25, -0.2) is 8.42 Å². The van der Waals surface area contributed by atoms with Gasteiger partial charge in [-0.1, -0.05) is 0 Å². The highest BCUT2D eigenvalue weighted by atomic mass is 79.9. The minimum absolute atomic E-state index is 0.201. The summed E-state index contributed by atoms with van der Waals surface area (Å²) in [5.41, 5.74) is 6.74. The molecule has 2 aromatic rings. The van der Waals surface area contributed by atoms with E-state index in [1.54, 1.807) is 31.3 Å². The number of hydrogen-bond acceptors (Lipinski definition) is 5. The van der Waals surface area contributed by atoms with E-state index in [9.17, 15) is 8.42 Å². The molecule has 0 unspecified atom stereocenters. The number of hydrogen-bond donors (Lipinski definition) is 2. The van der Waals surface area contributed by atoms with Crippen molar-refractivity contribution in [3.8, 4) is 0 Å². The van der Waals surface area contributed by atoms with Crippen molar-refractivity contribution in [2.45, 2.75) is 18.4 Å². The van der Waals surface area contributed by atoms with E-state index in [0.717, 1.165) is 10.6 Å². The molecule has 0 radical (unpaired) electrons. The summed E-state index contributed by atoms with van der Waals surface area (Å²) in [6.45, 7) is 2.11. The molecule has 2 aromatic heterocycles. The minimum Gasteiger partial charge on any atom is -0.326 e. The highest BCUT2D eigenvalue weighted by Gasteiger charge is 2.20. The molecule has 2 rings (SSSR count). The van der Waals surface area contributed by atoms with Gasteiger partial charge in [0.05, 0.1) is 9.47 Å². The number of thiophene rings is 1. The van der Waals surface area contributed by atoms with Gasteiger partial charge in [0.15, 0.2) is 0 Å². The van der Waals surface area contributed by atoms with Crippen LogP contribution >= 0.6 is 27.3 Å². The number of nitrogens with one attached hydrogen (secondary N) is 1. The van der Waals surface area contributed by atoms with Gasteiger partial charge < -0.3 is 5.73 Å². The Balaban J connectivity index is 2.34. The van der Waals surface area contributed by atoms with Crippen LogP contribution in [0.15, 0.2) is 33.1 Å². The number of anilines is 1. The first-order valence-corrected chi connectivity index (χ1v) is 8.45. The summed E-state index contributed by atoms with van der Waals surface area (Å²) in [6, 6.07) is 4.85. The third kappa shape index (κ3) is 3.33. The van der Waals surface area contributed by atoms with E-state index in [-0.39, 0.29) is 4.90 Å². The Morgan fingerprint density at radius 2 is 2.21 bits per heavy atom. The van der Waals surface area contributed by atoms with Gasteiger partial charge in [0.25, 0.3) is 10.0 Å². The lowest BCUT2D eigenvalue weighted by atomic mass is 10.3.